The smallest absolute Gasteiger partial charge is 0.238 e. The molecule has 0 aromatic heterocycles. The molecule has 2 N–H and O–H groups in total. The largest absolute Gasteiger partial charge is 0.325 e. The number of amides is 1. The molecule has 0 spiro atoms. The van der Waals surface area contributed by atoms with E-state index in [0.717, 1.165) is 6.54 Å². The summed E-state index contributed by atoms with van der Waals surface area (Å²) in [5.41, 5.74) is 0.630. The summed E-state index contributed by atoms with van der Waals surface area (Å²) >= 11 is 0. The van der Waals surface area contributed by atoms with Crippen LogP contribution in [0.1, 0.15) is 32.1 Å². The normalized spacial score (nSPS) is 16.3. The summed E-state index contributed by atoms with van der Waals surface area (Å²) in [7, 11) is 0. The zero-order valence-electron chi connectivity index (χ0n) is 11.1. The molecule has 0 saturated heterocycles. The summed E-state index contributed by atoms with van der Waals surface area (Å²) in [5.74, 6) is 0.336. The van der Waals surface area contributed by atoms with Crippen LogP contribution in [0.3, 0.4) is 0 Å². The van der Waals surface area contributed by atoms with Gasteiger partial charge in [-0.05, 0) is 49.6 Å². The first-order valence-corrected chi connectivity index (χ1v) is 7.00. The maximum absolute atomic E-state index is 12.7. The third-order valence-corrected chi connectivity index (χ3v) is 3.57. The second kappa shape index (κ2) is 7.24. The first kappa shape index (κ1) is 14.0. The van der Waals surface area contributed by atoms with Crippen molar-refractivity contribution in [2.45, 2.75) is 32.1 Å². The molecule has 1 saturated carbocycles. The van der Waals surface area contributed by atoms with Crippen molar-refractivity contribution < 1.29 is 9.18 Å². The van der Waals surface area contributed by atoms with Crippen molar-refractivity contribution in [2.24, 2.45) is 5.92 Å². The lowest BCUT2D eigenvalue weighted by molar-refractivity contribution is -0.115. The van der Waals surface area contributed by atoms with Crippen LogP contribution >= 0.6 is 0 Å². The Bertz CT molecular complexity index is 399. The zero-order valence-corrected chi connectivity index (χ0v) is 11.1. The van der Waals surface area contributed by atoms with Gasteiger partial charge in [0.1, 0.15) is 5.82 Å². The lowest BCUT2D eigenvalue weighted by Crippen LogP contribution is -2.32. The molecule has 104 valence electrons. The molecule has 0 radical (unpaired) electrons. The molecule has 1 aliphatic rings. The van der Waals surface area contributed by atoms with E-state index in [1.807, 2.05) is 0 Å². The number of carbonyl (C=O) groups is 1. The van der Waals surface area contributed by atoms with Gasteiger partial charge in [0.25, 0.3) is 0 Å². The Morgan fingerprint density at radius 2 is 1.84 bits per heavy atom. The highest BCUT2D eigenvalue weighted by atomic mass is 19.1. The average molecular weight is 264 g/mol. The Kier molecular flexibility index (Phi) is 5.33. The monoisotopic (exact) mass is 264 g/mol. The van der Waals surface area contributed by atoms with E-state index >= 15 is 0 Å². The number of carbonyl (C=O) groups excluding carboxylic acids is 1. The number of benzene rings is 1. The highest BCUT2D eigenvalue weighted by Crippen LogP contribution is 2.22. The third-order valence-electron chi connectivity index (χ3n) is 3.57. The molecule has 1 aromatic carbocycles. The Morgan fingerprint density at radius 1 is 1.16 bits per heavy atom. The van der Waals surface area contributed by atoms with Crippen LogP contribution in [-0.2, 0) is 4.79 Å². The topological polar surface area (TPSA) is 41.1 Å². The van der Waals surface area contributed by atoms with Crippen molar-refractivity contribution in [3.63, 3.8) is 0 Å². The summed E-state index contributed by atoms with van der Waals surface area (Å²) in [5, 5.41) is 5.94. The predicted octanol–water partition coefficient (Wildman–Crippen LogP) is 2.93. The number of hydrogen-bond acceptors (Lipinski definition) is 2. The summed E-state index contributed by atoms with van der Waals surface area (Å²) in [4.78, 5) is 11.7. The van der Waals surface area contributed by atoms with E-state index in [4.69, 9.17) is 0 Å². The van der Waals surface area contributed by atoms with Crippen LogP contribution in [0.5, 0.6) is 0 Å². The van der Waals surface area contributed by atoms with Crippen LogP contribution in [0, 0.1) is 11.7 Å². The zero-order chi connectivity index (χ0) is 13.5. The number of rotatable bonds is 5. The fraction of sp³-hybridized carbons (Fsp3) is 0.533. The van der Waals surface area contributed by atoms with Crippen molar-refractivity contribution in [3.05, 3.63) is 30.1 Å². The van der Waals surface area contributed by atoms with Crippen LogP contribution in [0.4, 0.5) is 10.1 Å². The van der Waals surface area contributed by atoms with Crippen molar-refractivity contribution in [3.8, 4) is 0 Å². The minimum absolute atomic E-state index is 0.0811. The summed E-state index contributed by atoms with van der Waals surface area (Å²) in [6.07, 6.45) is 6.52. The van der Waals surface area contributed by atoms with Crippen molar-refractivity contribution in [1.82, 2.24) is 5.32 Å². The van der Waals surface area contributed by atoms with E-state index in [0.29, 0.717) is 18.2 Å². The van der Waals surface area contributed by atoms with Gasteiger partial charge in [-0.1, -0.05) is 19.3 Å². The van der Waals surface area contributed by atoms with Crippen molar-refractivity contribution in [2.75, 3.05) is 18.4 Å². The van der Waals surface area contributed by atoms with Crippen LogP contribution in [0.25, 0.3) is 0 Å². The molecule has 1 aromatic rings. The third kappa shape index (κ3) is 4.99. The van der Waals surface area contributed by atoms with Gasteiger partial charge in [0.2, 0.25) is 5.91 Å². The summed E-state index contributed by atoms with van der Waals surface area (Å²) < 4.78 is 12.7. The van der Waals surface area contributed by atoms with Gasteiger partial charge in [-0.3, -0.25) is 4.79 Å². The van der Waals surface area contributed by atoms with Gasteiger partial charge in [-0.2, -0.15) is 0 Å². The molecule has 4 heteroatoms. The first-order chi connectivity index (χ1) is 9.24. The van der Waals surface area contributed by atoms with E-state index in [1.54, 1.807) is 12.1 Å². The summed E-state index contributed by atoms with van der Waals surface area (Å²) in [6, 6.07) is 5.80. The number of nitrogens with one attached hydrogen (secondary N) is 2. The fourth-order valence-electron chi connectivity index (χ4n) is 2.52. The standard InChI is InChI=1S/C15H21FN2O/c16-13-6-8-14(9-7-13)18-15(19)11-17-10-12-4-2-1-3-5-12/h6-9,12,17H,1-5,10-11H2,(H,18,19). The molecule has 0 unspecified atom stereocenters. The molecule has 19 heavy (non-hydrogen) atoms. The lowest BCUT2D eigenvalue weighted by atomic mass is 9.89. The molecule has 2 rings (SSSR count). The second-order valence-electron chi connectivity index (χ2n) is 5.19. The average Bonchev–Trinajstić information content (AvgIpc) is 2.43. The first-order valence-electron chi connectivity index (χ1n) is 7.00. The van der Waals surface area contributed by atoms with E-state index in [2.05, 4.69) is 10.6 Å². The van der Waals surface area contributed by atoms with Gasteiger partial charge in [-0.25, -0.2) is 4.39 Å². The SMILES string of the molecule is O=C(CNCC1CCCCC1)Nc1ccc(F)cc1. The quantitative estimate of drug-likeness (QED) is 0.858. The second-order valence-corrected chi connectivity index (χ2v) is 5.19. The Morgan fingerprint density at radius 3 is 2.53 bits per heavy atom. The molecular formula is C15H21FN2O. The highest BCUT2D eigenvalue weighted by molar-refractivity contribution is 5.92. The van der Waals surface area contributed by atoms with Gasteiger partial charge in [0.05, 0.1) is 6.54 Å². The van der Waals surface area contributed by atoms with E-state index in [-0.39, 0.29) is 11.7 Å². The molecule has 0 atom stereocenters. The van der Waals surface area contributed by atoms with Crippen LogP contribution in [0.15, 0.2) is 24.3 Å². The maximum Gasteiger partial charge on any atom is 0.238 e. The Hall–Kier alpha value is -1.42. The maximum atomic E-state index is 12.7. The molecule has 0 aliphatic heterocycles. The fourth-order valence-corrected chi connectivity index (χ4v) is 2.52. The van der Waals surface area contributed by atoms with Gasteiger partial charge >= 0.3 is 0 Å². The van der Waals surface area contributed by atoms with E-state index in [1.165, 1.54) is 44.2 Å². The van der Waals surface area contributed by atoms with Crippen LogP contribution in [0.2, 0.25) is 0 Å². The highest BCUT2D eigenvalue weighted by Gasteiger charge is 2.13. The van der Waals surface area contributed by atoms with E-state index in [9.17, 15) is 9.18 Å². The van der Waals surface area contributed by atoms with Crippen LogP contribution < -0.4 is 10.6 Å². The lowest BCUT2D eigenvalue weighted by Gasteiger charge is -2.21. The van der Waals surface area contributed by atoms with Gasteiger partial charge in [-0.15, -0.1) is 0 Å². The minimum atomic E-state index is -0.298. The minimum Gasteiger partial charge on any atom is -0.325 e. The molecule has 0 heterocycles. The predicted molar refractivity (Wildman–Crippen MR) is 74.5 cm³/mol. The molecule has 3 nitrogen and oxygen atoms in total. The van der Waals surface area contributed by atoms with Gasteiger partial charge < -0.3 is 10.6 Å². The molecular weight excluding hydrogens is 243 g/mol. The summed E-state index contributed by atoms with van der Waals surface area (Å²) in [6.45, 7) is 1.23. The van der Waals surface area contributed by atoms with Crippen molar-refractivity contribution in [1.29, 1.82) is 0 Å². The number of halogens is 1. The van der Waals surface area contributed by atoms with Gasteiger partial charge in [0.15, 0.2) is 0 Å². The van der Waals surface area contributed by atoms with Gasteiger partial charge in [0, 0.05) is 5.69 Å². The molecule has 0 bridgehead atoms. The number of anilines is 1. The van der Waals surface area contributed by atoms with Crippen molar-refractivity contribution >= 4 is 11.6 Å². The molecule has 1 amide bonds. The molecule has 1 aliphatic carbocycles. The molecule has 1 fully saturated rings. The Balaban J connectivity index is 1.65. The van der Waals surface area contributed by atoms with Crippen LogP contribution in [-0.4, -0.2) is 19.0 Å². The number of hydrogen-bond donors (Lipinski definition) is 2. The Labute approximate surface area is 113 Å². The van der Waals surface area contributed by atoms with E-state index < -0.39 is 0 Å².